The van der Waals surface area contributed by atoms with Crippen LogP contribution in [0.25, 0.3) is 0 Å². The van der Waals surface area contributed by atoms with Gasteiger partial charge in [0.05, 0.1) is 7.11 Å². The van der Waals surface area contributed by atoms with Crippen LogP contribution in [0.5, 0.6) is 5.75 Å². The summed E-state index contributed by atoms with van der Waals surface area (Å²) in [7, 11) is 1.45. The maximum Gasteiger partial charge on any atom is 0.165 e. The number of halogens is 1. The van der Waals surface area contributed by atoms with Crippen molar-refractivity contribution in [2.24, 2.45) is 0 Å². The second-order valence-corrected chi connectivity index (χ2v) is 2.80. The van der Waals surface area contributed by atoms with Gasteiger partial charge in [-0.25, -0.2) is 4.39 Å². The summed E-state index contributed by atoms with van der Waals surface area (Å²) in [6.45, 7) is 5.72. The number of methoxy groups -OCH3 is 1. The molecule has 0 saturated carbocycles. The predicted octanol–water partition coefficient (Wildman–Crippen LogP) is 2.77. The normalized spacial score (nSPS) is 10.4. The molecule has 2 heteroatoms. The van der Waals surface area contributed by atoms with E-state index in [0.29, 0.717) is 0 Å². The van der Waals surface area contributed by atoms with Crippen molar-refractivity contribution in [1.82, 2.24) is 0 Å². The Bertz CT molecular complexity index is 269. The molecule has 0 saturated heterocycles. The van der Waals surface area contributed by atoms with Gasteiger partial charge in [-0.1, -0.05) is 13.0 Å². The lowest BCUT2D eigenvalue weighted by atomic mass is 10.0. The molecule has 1 nitrogen and oxygen atoms in total. The zero-order valence-corrected chi connectivity index (χ0v) is 7.30. The summed E-state index contributed by atoms with van der Waals surface area (Å²) in [5.74, 6) is 0.0512. The Morgan fingerprint density at radius 1 is 1.50 bits per heavy atom. The highest BCUT2D eigenvalue weighted by atomic mass is 19.1. The van der Waals surface area contributed by atoms with Gasteiger partial charge >= 0.3 is 0 Å². The van der Waals surface area contributed by atoms with Crippen molar-refractivity contribution in [2.75, 3.05) is 7.11 Å². The summed E-state index contributed by atoms with van der Waals surface area (Å²) in [5, 5.41) is 0. The molecule has 1 aromatic carbocycles. The van der Waals surface area contributed by atoms with Crippen LogP contribution in [0.15, 0.2) is 18.2 Å². The van der Waals surface area contributed by atoms with E-state index in [2.05, 4.69) is 6.92 Å². The molecule has 0 spiro atoms. The fourth-order valence-electron chi connectivity index (χ4n) is 0.989. The molecule has 1 unspecified atom stereocenters. The third-order valence-corrected chi connectivity index (χ3v) is 1.74. The van der Waals surface area contributed by atoms with E-state index in [9.17, 15) is 4.39 Å². The van der Waals surface area contributed by atoms with Crippen LogP contribution in [0, 0.1) is 12.7 Å². The van der Waals surface area contributed by atoms with Gasteiger partial charge in [0, 0.05) is 0 Å². The quantitative estimate of drug-likeness (QED) is 0.658. The summed E-state index contributed by atoms with van der Waals surface area (Å²) < 4.78 is 17.8. The van der Waals surface area contributed by atoms with E-state index in [-0.39, 0.29) is 17.5 Å². The smallest absolute Gasteiger partial charge is 0.165 e. The summed E-state index contributed by atoms with van der Waals surface area (Å²) in [4.78, 5) is 0. The molecule has 0 aromatic heterocycles. The zero-order chi connectivity index (χ0) is 9.14. The molecule has 0 fully saturated rings. The monoisotopic (exact) mass is 167 g/mol. The number of rotatable bonds is 2. The molecule has 0 amide bonds. The van der Waals surface area contributed by atoms with Gasteiger partial charge in [-0.05, 0) is 30.5 Å². The van der Waals surface area contributed by atoms with Crippen molar-refractivity contribution in [2.45, 2.75) is 12.8 Å². The first-order valence-corrected chi connectivity index (χ1v) is 3.81. The Morgan fingerprint density at radius 2 is 2.17 bits per heavy atom. The maximum absolute atomic E-state index is 13.1. The summed E-state index contributed by atoms with van der Waals surface area (Å²) >= 11 is 0. The van der Waals surface area contributed by atoms with E-state index in [1.165, 1.54) is 13.2 Å². The first kappa shape index (κ1) is 9.04. The van der Waals surface area contributed by atoms with Gasteiger partial charge < -0.3 is 4.74 Å². The minimum absolute atomic E-state index is 0.102. The molecular weight excluding hydrogens is 155 g/mol. The highest BCUT2D eigenvalue weighted by Gasteiger charge is 2.05. The van der Waals surface area contributed by atoms with Crippen molar-refractivity contribution in [3.05, 3.63) is 36.5 Å². The number of hydrogen-bond donors (Lipinski definition) is 0. The SMILES string of the molecule is [CH2]C(C)c1ccc(OC)c(F)c1. The number of benzene rings is 1. The Labute approximate surface area is 72.2 Å². The Hall–Kier alpha value is -1.05. The molecule has 0 bridgehead atoms. The average Bonchev–Trinajstić information content (AvgIpc) is 2.04. The molecule has 0 aliphatic carbocycles. The maximum atomic E-state index is 13.1. The van der Waals surface area contributed by atoms with Crippen LogP contribution in [0.1, 0.15) is 18.4 Å². The van der Waals surface area contributed by atoms with Crippen LogP contribution in [-0.2, 0) is 0 Å². The number of ether oxygens (including phenoxy) is 1. The van der Waals surface area contributed by atoms with E-state index in [0.717, 1.165) is 5.56 Å². The lowest BCUT2D eigenvalue weighted by Crippen LogP contribution is -1.92. The van der Waals surface area contributed by atoms with Crippen LogP contribution in [0.4, 0.5) is 4.39 Å². The first-order chi connectivity index (χ1) is 5.65. The predicted molar refractivity (Wildman–Crippen MR) is 46.7 cm³/mol. The van der Waals surface area contributed by atoms with E-state index < -0.39 is 0 Å². The largest absolute Gasteiger partial charge is 0.494 e. The van der Waals surface area contributed by atoms with Gasteiger partial charge in [0.2, 0.25) is 0 Å². The molecule has 1 aromatic rings. The summed E-state index contributed by atoms with van der Waals surface area (Å²) in [6, 6.07) is 4.89. The van der Waals surface area contributed by atoms with Crippen LogP contribution in [0.2, 0.25) is 0 Å². The van der Waals surface area contributed by atoms with E-state index in [1.54, 1.807) is 6.07 Å². The minimum Gasteiger partial charge on any atom is -0.494 e. The second kappa shape index (κ2) is 3.57. The first-order valence-electron chi connectivity index (χ1n) is 3.81. The highest BCUT2D eigenvalue weighted by molar-refractivity contribution is 5.31. The van der Waals surface area contributed by atoms with Crippen LogP contribution < -0.4 is 4.74 Å². The molecule has 1 atom stereocenters. The van der Waals surface area contributed by atoms with Gasteiger partial charge in [0.25, 0.3) is 0 Å². The molecule has 0 N–H and O–H groups in total. The van der Waals surface area contributed by atoms with Crippen LogP contribution in [0.3, 0.4) is 0 Å². The molecule has 1 rings (SSSR count). The van der Waals surface area contributed by atoms with Crippen molar-refractivity contribution in [3.63, 3.8) is 0 Å². The molecule has 1 radical (unpaired) electrons. The second-order valence-electron chi connectivity index (χ2n) is 2.80. The zero-order valence-electron chi connectivity index (χ0n) is 7.30. The summed E-state index contributed by atoms with van der Waals surface area (Å²) in [5.41, 5.74) is 0.883. The van der Waals surface area contributed by atoms with Crippen LogP contribution >= 0.6 is 0 Å². The van der Waals surface area contributed by atoms with Crippen LogP contribution in [-0.4, -0.2) is 7.11 Å². The van der Waals surface area contributed by atoms with Crippen molar-refractivity contribution >= 4 is 0 Å². The van der Waals surface area contributed by atoms with E-state index >= 15 is 0 Å². The third-order valence-electron chi connectivity index (χ3n) is 1.74. The fourth-order valence-corrected chi connectivity index (χ4v) is 0.989. The highest BCUT2D eigenvalue weighted by Crippen LogP contribution is 2.21. The standard InChI is InChI=1S/C10H12FO/c1-7(2)8-4-5-10(12-3)9(11)6-8/h4-7H,1H2,2-3H3. The van der Waals surface area contributed by atoms with Crippen molar-refractivity contribution in [1.29, 1.82) is 0 Å². The lowest BCUT2D eigenvalue weighted by Gasteiger charge is -2.07. The van der Waals surface area contributed by atoms with Gasteiger partial charge in [0.1, 0.15) is 0 Å². The van der Waals surface area contributed by atoms with Gasteiger partial charge in [-0.3, -0.25) is 0 Å². The molecule has 12 heavy (non-hydrogen) atoms. The van der Waals surface area contributed by atoms with Crippen molar-refractivity contribution in [3.8, 4) is 5.75 Å². The Balaban J connectivity index is 3.02. The average molecular weight is 167 g/mol. The van der Waals surface area contributed by atoms with Crippen molar-refractivity contribution < 1.29 is 9.13 Å². The van der Waals surface area contributed by atoms with Gasteiger partial charge in [0.15, 0.2) is 11.6 Å². The molecule has 0 heterocycles. The molecule has 0 aliphatic rings. The number of hydrogen-bond acceptors (Lipinski definition) is 1. The summed E-state index contributed by atoms with van der Waals surface area (Å²) in [6.07, 6.45) is 0. The van der Waals surface area contributed by atoms with Gasteiger partial charge in [-0.15, -0.1) is 0 Å². The van der Waals surface area contributed by atoms with E-state index in [4.69, 9.17) is 4.74 Å². The molecule has 65 valence electrons. The topological polar surface area (TPSA) is 9.23 Å². The molecule has 0 aliphatic heterocycles. The molecular formula is C10H12FO. The minimum atomic E-state index is -0.328. The van der Waals surface area contributed by atoms with Gasteiger partial charge in [-0.2, -0.15) is 0 Å². The Kier molecular flexibility index (Phi) is 2.69. The Morgan fingerprint density at radius 3 is 2.58 bits per heavy atom. The fraction of sp³-hybridized carbons (Fsp3) is 0.300. The third kappa shape index (κ3) is 1.76. The lowest BCUT2D eigenvalue weighted by molar-refractivity contribution is 0.386. The van der Waals surface area contributed by atoms with E-state index in [1.807, 2.05) is 13.0 Å².